The van der Waals surface area contributed by atoms with E-state index in [0.717, 1.165) is 35.9 Å². The number of nitrogens with zero attached hydrogens (tertiary/aromatic N) is 1. The van der Waals surface area contributed by atoms with Gasteiger partial charge in [-0.2, -0.15) is 0 Å². The summed E-state index contributed by atoms with van der Waals surface area (Å²) in [5, 5.41) is 16.9. The van der Waals surface area contributed by atoms with Crippen LogP contribution in [0.5, 0.6) is 0 Å². The van der Waals surface area contributed by atoms with Crippen LogP contribution in [-0.2, 0) is 4.79 Å². The first-order valence-corrected chi connectivity index (χ1v) is 8.59. The van der Waals surface area contributed by atoms with E-state index in [-0.39, 0.29) is 12.6 Å². The summed E-state index contributed by atoms with van der Waals surface area (Å²) in [6.07, 6.45) is 4.77. The molecule has 1 heterocycles. The normalized spacial score (nSPS) is 13.6. The second-order valence-electron chi connectivity index (χ2n) is 6.17. The molecular weight excluding hydrogens is 326 g/mol. The van der Waals surface area contributed by atoms with Crippen LogP contribution in [0.3, 0.4) is 0 Å². The highest BCUT2D eigenvalue weighted by Crippen LogP contribution is 2.25. The molecule has 3 N–H and O–H groups in total. The molecule has 6 heteroatoms. The molecule has 0 saturated carbocycles. The van der Waals surface area contributed by atoms with Crippen LogP contribution in [0, 0.1) is 0 Å². The van der Waals surface area contributed by atoms with Crippen LogP contribution in [0.25, 0.3) is 10.9 Å². The summed E-state index contributed by atoms with van der Waals surface area (Å²) in [5.74, 6) is -0.818. The van der Waals surface area contributed by atoms with Crippen molar-refractivity contribution in [1.82, 2.24) is 10.3 Å². The van der Waals surface area contributed by atoms with Crippen molar-refractivity contribution in [2.45, 2.75) is 45.2 Å². The maximum atomic E-state index is 10.5. The van der Waals surface area contributed by atoms with E-state index in [0.29, 0.717) is 11.1 Å². The number of carboxylic acids is 1. The molecule has 0 bridgehead atoms. The van der Waals surface area contributed by atoms with Crippen LogP contribution in [0.1, 0.15) is 33.1 Å². The van der Waals surface area contributed by atoms with Gasteiger partial charge in [0.2, 0.25) is 0 Å². The van der Waals surface area contributed by atoms with Crippen molar-refractivity contribution < 1.29 is 9.90 Å². The lowest BCUT2D eigenvalue weighted by Gasteiger charge is -2.18. The number of rotatable bonds is 9. The van der Waals surface area contributed by atoms with Crippen molar-refractivity contribution in [3.05, 3.63) is 35.5 Å². The maximum Gasteiger partial charge on any atom is 0.317 e. The first kappa shape index (κ1) is 18.5. The van der Waals surface area contributed by atoms with Gasteiger partial charge in [-0.05, 0) is 57.4 Å². The fourth-order valence-corrected chi connectivity index (χ4v) is 2.84. The largest absolute Gasteiger partial charge is 0.480 e. The minimum atomic E-state index is -0.818. The molecule has 2 rings (SSSR count). The van der Waals surface area contributed by atoms with Crippen LogP contribution in [0.15, 0.2) is 30.5 Å². The monoisotopic (exact) mass is 349 g/mol. The molecule has 0 saturated heterocycles. The van der Waals surface area contributed by atoms with E-state index in [1.165, 1.54) is 0 Å². The Bertz CT molecular complexity index is 693. The topological polar surface area (TPSA) is 74.2 Å². The van der Waals surface area contributed by atoms with Gasteiger partial charge in [0.1, 0.15) is 0 Å². The van der Waals surface area contributed by atoms with Gasteiger partial charge in [0.25, 0.3) is 0 Å². The maximum absolute atomic E-state index is 10.5. The molecule has 1 aromatic carbocycles. The van der Waals surface area contributed by atoms with Crippen molar-refractivity contribution in [1.29, 1.82) is 0 Å². The number of benzene rings is 1. The van der Waals surface area contributed by atoms with Crippen molar-refractivity contribution in [3.63, 3.8) is 0 Å². The quantitative estimate of drug-likeness (QED) is 0.639. The van der Waals surface area contributed by atoms with E-state index in [1.807, 2.05) is 31.2 Å². The molecule has 130 valence electrons. The zero-order valence-electron chi connectivity index (χ0n) is 14.1. The molecule has 2 atom stereocenters. The Balaban J connectivity index is 1.84. The zero-order chi connectivity index (χ0) is 17.5. The molecule has 2 unspecified atom stereocenters. The Kier molecular flexibility index (Phi) is 6.82. The molecule has 0 aliphatic rings. The molecule has 0 radical (unpaired) electrons. The molecule has 0 fully saturated rings. The lowest BCUT2D eigenvalue weighted by atomic mass is 10.1. The smallest absolute Gasteiger partial charge is 0.317 e. The van der Waals surface area contributed by atoms with Gasteiger partial charge in [0, 0.05) is 34.4 Å². The highest BCUT2D eigenvalue weighted by Gasteiger charge is 2.08. The van der Waals surface area contributed by atoms with Gasteiger partial charge < -0.3 is 15.7 Å². The lowest BCUT2D eigenvalue weighted by Crippen LogP contribution is -2.31. The van der Waals surface area contributed by atoms with E-state index >= 15 is 0 Å². The highest BCUT2D eigenvalue weighted by molar-refractivity contribution is 6.31. The molecule has 0 aliphatic carbocycles. The number of pyridine rings is 1. The number of hydrogen-bond acceptors (Lipinski definition) is 4. The third-order valence-corrected chi connectivity index (χ3v) is 4.22. The fraction of sp³-hybridized carbons (Fsp3) is 0.444. The van der Waals surface area contributed by atoms with E-state index in [9.17, 15) is 4.79 Å². The van der Waals surface area contributed by atoms with Crippen LogP contribution in [0.4, 0.5) is 5.69 Å². The number of anilines is 1. The van der Waals surface area contributed by atoms with Gasteiger partial charge in [0.05, 0.1) is 12.1 Å². The molecule has 0 spiro atoms. The van der Waals surface area contributed by atoms with E-state index < -0.39 is 5.97 Å². The van der Waals surface area contributed by atoms with Gasteiger partial charge in [-0.1, -0.05) is 11.6 Å². The van der Waals surface area contributed by atoms with Crippen LogP contribution in [0.2, 0.25) is 5.02 Å². The zero-order valence-corrected chi connectivity index (χ0v) is 14.8. The molecule has 24 heavy (non-hydrogen) atoms. The Morgan fingerprint density at radius 2 is 2.00 bits per heavy atom. The molecule has 0 amide bonds. The van der Waals surface area contributed by atoms with Crippen LogP contribution < -0.4 is 10.6 Å². The van der Waals surface area contributed by atoms with Crippen LogP contribution in [-0.4, -0.2) is 34.7 Å². The number of nitrogens with one attached hydrogen (secondary N) is 2. The minimum Gasteiger partial charge on any atom is -0.480 e. The standard InChI is InChI=1S/C18H24ClN3O2/c1-12(21-11-18(23)24)4-3-5-13(2)22-16-8-9-20-17-10-14(19)6-7-15(16)17/h6-10,12-13,21H,3-5,11H2,1-2H3,(H,20,22)(H,23,24). The van der Waals surface area contributed by atoms with Crippen molar-refractivity contribution in [2.75, 3.05) is 11.9 Å². The van der Waals surface area contributed by atoms with Gasteiger partial charge in [-0.15, -0.1) is 0 Å². The molecule has 2 aromatic rings. The van der Waals surface area contributed by atoms with Gasteiger partial charge >= 0.3 is 5.97 Å². The first-order chi connectivity index (χ1) is 11.5. The first-order valence-electron chi connectivity index (χ1n) is 8.21. The molecule has 5 nitrogen and oxygen atoms in total. The summed E-state index contributed by atoms with van der Waals surface area (Å²) in [7, 11) is 0. The molecular formula is C18H24ClN3O2. The second kappa shape index (κ2) is 8.85. The molecule has 0 aliphatic heterocycles. The number of fused-ring (bicyclic) bond motifs is 1. The summed E-state index contributed by atoms with van der Waals surface area (Å²) in [6, 6.07) is 8.22. The summed E-state index contributed by atoms with van der Waals surface area (Å²) < 4.78 is 0. The third-order valence-electron chi connectivity index (χ3n) is 3.98. The Morgan fingerprint density at radius 1 is 1.25 bits per heavy atom. The molecule has 1 aromatic heterocycles. The number of halogens is 1. The van der Waals surface area contributed by atoms with E-state index in [2.05, 4.69) is 22.5 Å². The second-order valence-corrected chi connectivity index (χ2v) is 6.61. The lowest BCUT2D eigenvalue weighted by molar-refractivity contribution is -0.136. The Morgan fingerprint density at radius 3 is 2.75 bits per heavy atom. The van der Waals surface area contributed by atoms with Crippen molar-refractivity contribution >= 4 is 34.2 Å². The highest BCUT2D eigenvalue weighted by atomic mass is 35.5. The Hall–Kier alpha value is -1.85. The average molecular weight is 350 g/mol. The van der Waals surface area contributed by atoms with Gasteiger partial charge in [-0.25, -0.2) is 0 Å². The SMILES string of the molecule is CC(CCCC(C)Nc1ccnc2cc(Cl)ccc12)NCC(=O)O. The Labute approximate surface area is 147 Å². The van der Waals surface area contributed by atoms with E-state index in [1.54, 1.807) is 6.20 Å². The predicted octanol–water partition coefficient (Wildman–Crippen LogP) is 3.92. The predicted molar refractivity (Wildman–Crippen MR) is 98.8 cm³/mol. The summed E-state index contributed by atoms with van der Waals surface area (Å²) in [5.41, 5.74) is 1.94. The van der Waals surface area contributed by atoms with Crippen molar-refractivity contribution in [3.8, 4) is 0 Å². The third kappa shape index (κ3) is 5.65. The summed E-state index contributed by atoms with van der Waals surface area (Å²) in [6.45, 7) is 4.18. The summed E-state index contributed by atoms with van der Waals surface area (Å²) >= 11 is 6.02. The number of aliphatic carboxylic acids is 1. The number of carboxylic acid groups (broad SMARTS) is 1. The van der Waals surface area contributed by atoms with Crippen LogP contribution >= 0.6 is 11.6 Å². The fourth-order valence-electron chi connectivity index (χ4n) is 2.68. The van der Waals surface area contributed by atoms with Gasteiger partial charge in [-0.3, -0.25) is 9.78 Å². The minimum absolute atomic E-state index is 0.0144. The number of aromatic nitrogens is 1. The average Bonchev–Trinajstić information content (AvgIpc) is 2.52. The van der Waals surface area contributed by atoms with Gasteiger partial charge in [0.15, 0.2) is 0 Å². The van der Waals surface area contributed by atoms with E-state index in [4.69, 9.17) is 16.7 Å². The number of hydrogen-bond donors (Lipinski definition) is 3. The summed E-state index contributed by atoms with van der Waals surface area (Å²) in [4.78, 5) is 14.9. The van der Waals surface area contributed by atoms with Crippen molar-refractivity contribution in [2.24, 2.45) is 0 Å². The number of carbonyl (C=O) groups is 1.